The van der Waals surface area contributed by atoms with Gasteiger partial charge in [-0.2, -0.15) is 5.10 Å². The maximum atomic E-state index is 4.51. The molecule has 0 radical (unpaired) electrons. The van der Waals surface area contributed by atoms with Crippen LogP contribution in [0, 0.1) is 0 Å². The molecule has 0 unspecified atom stereocenters. The number of aromatic nitrogens is 2. The monoisotopic (exact) mass is 208 g/mol. The van der Waals surface area contributed by atoms with Gasteiger partial charge in [-0.25, -0.2) is 0 Å². The molecule has 1 aromatic heterocycles. The number of rotatable bonds is 2. The summed E-state index contributed by atoms with van der Waals surface area (Å²) in [6, 6.07) is 2.11. The fraction of sp³-hybridized carbons (Fsp3) is 0.727. The van der Waals surface area contributed by atoms with Gasteiger partial charge in [0, 0.05) is 39.4 Å². The maximum absolute atomic E-state index is 4.51. The van der Waals surface area contributed by atoms with Gasteiger partial charge >= 0.3 is 0 Å². The molecule has 0 aliphatic carbocycles. The molecule has 0 saturated carbocycles. The molecule has 4 heteroatoms. The molecule has 0 amide bonds. The van der Waals surface area contributed by atoms with E-state index in [1.165, 1.54) is 0 Å². The highest BCUT2D eigenvalue weighted by atomic mass is 15.3. The Morgan fingerprint density at radius 2 is 2.00 bits per heavy atom. The van der Waals surface area contributed by atoms with Gasteiger partial charge in [-0.05, 0) is 19.9 Å². The van der Waals surface area contributed by atoms with Crippen molar-refractivity contribution in [2.45, 2.75) is 19.4 Å². The first-order chi connectivity index (χ1) is 7.10. The highest BCUT2D eigenvalue weighted by Crippen LogP contribution is 2.26. The van der Waals surface area contributed by atoms with Crippen molar-refractivity contribution in [3.05, 3.63) is 18.0 Å². The number of hydrogen-bond acceptors (Lipinski definition) is 3. The second-order valence-corrected chi connectivity index (χ2v) is 4.67. The number of nitrogens with zero attached hydrogens (tertiary/aromatic N) is 3. The van der Waals surface area contributed by atoms with E-state index in [-0.39, 0.29) is 5.54 Å². The van der Waals surface area contributed by atoms with Crippen LogP contribution < -0.4 is 5.32 Å². The van der Waals surface area contributed by atoms with E-state index >= 15 is 0 Å². The minimum absolute atomic E-state index is 0.0450. The van der Waals surface area contributed by atoms with E-state index in [4.69, 9.17) is 0 Å². The van der Waals surface area contributed by atoms with Gasteiger partial charge in [0.05, 0.1) is 11.2 Å². The summed E-state index contributed by atoms with van der Waals surface area (Å²) in [6.45, 7) is 8.86. The molecule has 2 heterocycles. The Morgan fingerprint density at radius 1 is 1.33 bits per heavy atom. The van der Waals surface area contributed by atoms with Crippen LogP contribution in [0.4, 0.5) is 0 Å². The highest BCUT2D eigenvalue weighted by molar-refractivity contribution is 5.11. The van der Waals surface area contributed by atoms with Crippen molar-refractivity contribution in [2.24, 2.45) is 7.05 Å². The van der Waals surface area contributed by atoms with Gasteiger partial charge in [-0.15, -0.1) is 0 Å². The summed E-state index contributed by atoms with van der Waals surface area (Å²) in [6.07, 6.45) is 2.01. The summed E-state index contributed by atoms with van der Waals surface area (Å²) in [4.78, 5) is 2.49. The zero-order valence-electron chi connectivity index (χ0n) is 9.82. The van der Waals surface area contributed by atoms with Crippen molar-refractivity contribution < 1.29 is 0 Å². The van der Waals surface area contributed by atoms with Crippen molar-refractivity contribution in [3.8, 4) is 0 Å². The van der Waals surface area contributed by atoms with E-state index in [1.54, 1.807) is 0 Å². The van der Waals surface area contributed by atoms with Gasteiger partial charge in [0.2, 0.25) is 0 Å². The summed E-state index contributed by atoms with van der Waals surface area (Å²) < 4.78 is 1.87. The molecule has 0 bridgehead atoms. The lowest BCUT2D eigenvalue weighted by Crippen LogP contribution is -2.52. The normalized spacial score (nSPS) is 19.4. The molecule has 1 aliphatic heterocycles. The predicted octanol–water partition coefficient (Wildman–Crippen LogP) is 0.560. The van der Waals surface area contributed by atoms with Gasteiger partial charge in [0.15, 0.2) is 0 Å². The third-order valence-electron chi connectivity index (χ3n) is 3.25. The predicted molar refractivity (Wildman–Crippen MR) is 60.7 cm³/mol. The van der Waals surface area contributed by atoms with Crippen LogP contribution in [0.1, 0.15) is 19.5 Å². The van der Waals surface area contributed by atoms with Crippen LogP contribution in [0.3, 0.4) is 0 Å². The van der Waals surface area contributed by atoms with Crippen LogP contribution in [0.5, 0.6) is 0 Å². The van der Waals surface area contributed by atoms with Crippen LogP contribution in [-0.4, -0.2) is 40.9 Å². The summed E-state index contributed by atoms with van der Waals surface area (Å²) in [7, 11) is 1.97. The maximum Gasteiger partial charge on any atom is 0.0821 e. The zero-order chi connectivity index (χ0) is 10.9. The Labute approximate surface area is 91.3 Å². The first-order valence-electron chi connectivity index (χ1n) is 5.56. The van der Waals surface area contributed by atoms with Crippen LogP contribution in [0.15, 0.2) is 12.3 Å². The largest absolute Gasteiger partial charge is 0.314 e. The Balaban J connectivity index is 2.17. The molecule has 0 spiro atoms. The molecule has 1 fully saturated rings. The lowest BCUT2D eigenvalue weighted by molar-refractivity contribution is 0.0983. The van der Waals surface area contributed by atoms with E-state index in [0.29, 0.717) is 0 Å². The number of hydrogen-bond donors (Lipinski definition) is 1. The summed E-state index contributed by atoms with van der Waals surface area (Å²) in [5, 5.41) is 7.89. The van der Waals surface area contributed by atoms with Crippen molar-refractivity contribution in [3.63, 3.8) is 0 Å². The van der Waals surface area contributed by atoms with Crippen LogP contribution in [0.25, 0.3) is 0 Å². The fourth-order valence-electron chi connectivity index (χ4n) is 2.13. The molecule has 2 rings (SSSR count). The molecule has 1 aromatic rings. The van der Waals surface area contributed by atoms with Crippen molar-refractivity contribution >= 4 is 0 Å². The van der Waals surface area contributed by atoms with Gasteiger partial charge in [0.25, 0.3) is 0 Å². The van der Waals surface area contributed by atoms with Gasteiger partial charge < -0.3 is 5.32 Å². The molecular weight excluding hydrogens is 188 g/mol. The van der Waals surface area contributed by atoms with Gasteiger partial charge in [-0.1, -0.05) is 0 Å². The molecule has 1 saturated heterocycles. The summed E-state index contributed by atoms with van der Waals surface area (Å²) in [5.41, 5.74) is 1.20. The number of aryl methyl sites for hydroxylation is 1. The zero-order valence-corrected chi connectivity index (χ0v) is 9.82. The average Bonchev–Trinajstić information content (AvgIpc) is 2.67. The van der Waals surface area contributed by atoms with Crippen molar-refractivity contribution in [2.75, 3.05) is 26.2 Å². The van der Waals surface area contributed by atoms with E-state index in [0.717, 1.165) is 31.9 Å². The SMILES string of the molecule is Cn1ccc(C(C)(C)N2CCNCC2)n1. The molecule has 15 heavy (non-hydrogen) atoms. The van der Waals surface area contributed by atoms with Gasteiger partial charge in [0.1, 0.15) is 0 Å². The lowest BCUT2D eigenvalue weighted by atomic mass is 9.97. The molecule has 0 aromatic carbocycles. The summed E-state index contributed by atoms with van der Waals surface area (Å²) >= 11 is 0. The molecule has 1 aliphatic rings. The Bertz CT molecular complexity index is 323. The number of nitrogens with one attached hydrogen (secondary N) is 1. The minimum atomic E-state index is 0.0450. The molecular formula is C11H20N4. The highest BCUT2D eigenvalue weighted by Gasteiger charge is 2.31. The summed E-state index contributed by atoms with van der Waals surface area (Å²) in [5.74, 6) is 0. The lowest BCUT2D eigenvalue weighted by Gasteiger charge is -2.40. The third kappa shape index (κ3) is 2.06. The van der Waals surface area contributed by atoms with E-state index in [9.17, 15) is 0 Å². The first-order valence-corrected chi connectivity index (χ1v) is 5.56. The second kappa shape index (κ2) is 3.94. The fourth-order valence-corrected chi connectivity index (χ4v) is 2.13. The Hall–Kier alpha value is -0.870. The van der Waals surface area contributed by atoms with E-state index in [1.807, 2.05) is 17.9 Å². The molecule has 84 valence electrons. The van der Waals surface area contributed by atoms with Crippen molar-refractivity contribution in [1.29, 1.82) is 0 Å². The Kier molecular flexibility index (Phi) is 2.80. The van der Waals surface area contributed by atoms with Crippen LogP contribution in [0.2, 0.25) is 0 Å². The van der Waals surface area contributed by atoms with E-state index in [2.05, 4.69) is 35.2 Å². The van der Waals surface area contributed by atoms with Crippen LogP contribution >= 0.6 is 0 Å². The quantitative estimate of drug-likeness (QED) is 0.771. The Morgan fingerprint density at radius 3 is 2.53 bits per heavy atom. The molecule has 4 nitrogen and oxygen atoms in total. The minimum Gasteiger partial charge on any atom is -0.314 e. The molecule has 1 N–H and O–H groups in total. The second-order valence-electron chi connectivity index (χ2n) is 4.67. The van der Waals surface area contributed by atoms with Gasteiger partial charge in [-0.3, -0.25) is 9.58 Å². The topological polar surface area (TPSA) is 33.1 Å². The van der Waals surface area contributed by atoms with Crippen LogP contribution in [-0.2, 0) is 12.6 Å². The standard InChI is InChI=1S/C11H20N4/c1-11(2,10-4-7-14(3)13-10)15-8-5-12-6-9-15/h4,7,12H,5-6,8-9H2,1-3H3. The number of piperazine rings is 1. The third-order valence-corrected chi connectivity index (χ3v) is 3.25. The van der Waals surface area contributed by atoms with E-state index < -0.39 is 0 Å². The first kappa shape index (κ1) is 10.6. The smallest absolute Gasteiger partial charge is 0.0821 e. The molecule has 0 atom stereocenters. The van der Waals surface area contributed by atoms with Crippen molar-refractivity contribution in [1.82, 2.24) is 20.0 Å². The average molecular weight is 208 g/mol.